The molecule has 0 spiro atoms. The van der Waals surface area contributed by atoms with Crippen LogP contribution in [0, 0.1) is 0 Å². The van der Waals surface area contributed by atoms with Crippen molar-refractivity contribution in [1.82, 2.24) is 20.1 Å². The molecule has 0 unspecified atom stereocenters. The van der Waals surface area contributed by atoms with Crippen LogP contribution in [0.3, 0.4) is 0 Å². The molecule has 1 amide bonds. The van der Waals surface area contributed by atoms with Crippen molar-refractivity contribution in [3.63, 3.8) is 0 Å². The third-order valence-corrected chi connectivity index (χ3v) is 3.02. The van der Waals surface area contributed by atoms with Crippen LogP contribution in [0.5, 0.6) is 0 Å². The SMILES string of the molecule is CC(C)(O)C(C)(C)NC(=O)CCn1cncn1. The quantitative estimate of drug-likeness (QED) is 0.777. The van der Waals surface area contributed by atoms with E-state index < -0.39 is 11.1 Å². The first-order valence-corrected chi connectivity index (χ1v) is 5.58. The molecule has 1 rings (SSSR count). The highest BCUT2D eigenvalue weighted by molar-refractivity contribution is 5.76. The van der Waals surface area contributed by atoms with Gasteiger partial charge in [0, 0.05) is 6.42 Å². The summed E-state index contributed by atoms with van der Waals surface area (Å²) in [7, 11) is 0. The number of carbonyl (C=O) groups is 1. The Hall–Kier alpha value is -1.43. The number of amides is 1. The summed E-state index contributed by atoms with van der Waals surface area (Å²) in [5.74, 6) is -0.118. The van der Waals surface area contributed by atoms with Crippen LogP contribution in [0.2, 0.25) is 0 Å². The van der Waals surface area contributed by atoms with Crippen molar-refractivity contribution in [3.05, 3.63) is 12.7 Å². The molecular formula is C11H20N4O2. The van der Waals surface area contributed by atoms with Gasteiger partial charge in [0.2, 0.25) is 5.91 Å². The van der Waals surface area contributed by atoms with Gasteiger partial charge in [0.1, 0.15) is 12.7 Å². The highest BCUT2D eigenvalue weighted by Crippen LogP contribution is 2.20. The fourth-order valence-corrected chi connectivity index (χ4v) is 1.13. The molecule has 0 aliphatic carbocycles. The summed E-state index contributed by atoms with van der Waals surface area (Å²) in [6, 6.07) is 0. The van der Waals surface area contributed by atoms with Crippen LogP contribution in [0.1, 0.15) is 34.1 Å². The van der Waals surface area contributed by atoms with Gasteiger partial charge in [0.05, 0.1) is 17.7 Å². The van der Waals surface area contributed by atoms with Crippen molar-refractivity contribution in [2.45, 2.75) is 51.8 Å². The van der Waals surface area contributed by atoms with E-state index in [2.05, 4.69) is 15.4 Å². The highest BCUT2D eigenvalue weighted by atomic mass is 16.3. The second kappa shape index (κ2) is 4.83. The van der Waals surface area contributed by atoms with Crippen LogP contribution in [0.4, 0.5) is 0 Å². The lowest BCUT2D eigenvalue weighted by Gasteiger charge is -2.38. The summed E-state index contributed by atoms with van der Waals surface area (Å²) in [4.78, 5) is 15.5. The van der Waals surface area contributed by atoms with Gasteiger partial charge < -0.3 is 10.4 Å². The van der Waals surface area contributed by atoms with Crippen molar-refractivity contribution in [2.24, 2.45) is 0 Å². The molecule has 6 nitrogen and oxygen atoms in total. The fraction of sp³-hybridized carbons (Fsp3) is 0.727. The smallest absolute Gasteiger partial charge is 0.222 e. The second-order valence-corrected chi connectivity index (χ2v) is 5.14. The normalized spacial score (nSPS) is 12.5. The van der Waals surface area contributed by atoms with Gasteiger partial charge in [-0.1, -0.05) is 0 Å². The van der Waals surface area contributed by atoms with E-state index in [1.165, 1.54) is 6.33 Å². The molecule has 1 aromatic rings. The van der Waals surface area contributed by atoms with Gasteiger partial charge in [-0.3, -0.25) is 9.48 Å². The molecule has 0 bridgehead atoms. The zero-order chi connectivity index (χ0) is 13.1. The lowest BCUT2D eigenvalue weighted by Crippen LogP contribution is -2.57. The zero-order valence-electron chi connectivity index (χ0n) is 10.8. The first-order chi connectivity index (χ1) is 7.72. The number of aromatic nitrogens is 3. The lowest BCUT2D eigenvalue weighted by atomic mass is 9.86. The van der Waals surface area contributed by atoms with Gasteiger partial charge in [-0.2, -0.15) is 5.10 Å². The van der Waals surface area contributed by atoms with E-state index >= 15 is 0 Å². The Kier molecular flexibility index (Phi) is 3.87. The first kappa shape index (κ1) is 13.6. The highest BCUT2D eigenvalue weighted by Gasteiger charge is 2.36. The topological polar surface area (TPSA) is 80.0 Å². The molecule has 0 fully saturated rings. The molecule has 1 heterocycles. The van der Waals surface area contributed by atoms with Gasteiger partial charge in [-0.25, -0.2) is 4.98 Å². The number of aryl methyl sites for hydroxylation is 1. The van der Waals surface area contributed by atoms with Crippen molar-refractivity contribution in [3.8, 4) is 0 Å². The maximum Gasteiger partial charge on any atom is 0.222 e. The average Bonchev–Trinajstić information content (AvgIpc) is 2.64. The maximum absolute atomic E-state index is 11.7. The number of carbonyl (C=O) groups excluding carboxylic acids is 1. The van der Waals surface area contributed by atoms with E-state index in [1.807, 2.05) is 0 Å². The Morgan fingerprint density at radius 2 is 2.06 bits per heavy atom. The van der Waals surface area contributed by atoms with Crippen LogP contribution in [0.25, 0.3) is 0 Å². The minimum absolute atomic E-state index is 0.118. The minimum Gasteiger partial charge on any atom is -0.388 e. The van der Waals surface area contributed by atoms with Crippen LogP contribution in [-0.2, 0) is 11.3 Å². The van der Waals surface area contributed by atoms with Crippen molar-refractivity contribution < 1.29 is 9.90 Å². The molecule has 0 aliphatic rings. The molecule has 0 saturated heterocycles. The molecular weight excluding hydrogens is 220 g/mol. The Morgan fingerprint density at radius 3 is 2.53 bits per heavy atom. The zero-order valence-corrected chi connectivity index (χ0v) is 10.8. The van der Waals surface area contributed by atoms with E-state index in [4.69, 9.17) is 0 Å². The predicted molar refractivity (Wildman–Crippen MR) is 63.2 cm³/mol. The third kappa shape index (κ3) is 3.81. The molecule has 0 saturated carbocycles. The van der Waals surface area contributed by atoms with Crippen LogP contribution < -0.4 is 5.32 Å². The standard InChI is InChI=1S/C11H20N4O2/c1-10(2,11(3,4)17)14-9(16)5-6-15-8-12-7-13-15/h7-8,17H,5-6H2,1-4H3,(H,14,16). The minimum atomic E-state index is -0.976. The number of nitrogens with zero attached hydrogens (tertiary/aromatic N) is 3. The molecule has 96 valence electrons. The predicted octanol–water partition coefficient (Wildman–Crippen LogP) is 0.334. The van der Waals surface area contributed by atoms with Gasteiger partial charge >= 0.3 is 0 Å². The number of rotatable bonds is 5. The molecule has 0 aromatic carbocycles. The number of hydrogen-bond donors (Lipinski definition) is 2. The summed E-state index contributed by atoms with van der Waals surface area (Å²) in [5, 5.41) is 16.6. The summed E-state index contributed by atoms with van der Waals surface area (Å²) in [5.41, 5.74) is -1.65. The molecule has 1 aromatic heterocycles. The van der Waals surface area contributed by atoms with Gasteiger partial charge in [0.15, 0.2) is 0 Å². The molecule has 6 heteroatoms. The summed E-state index contributed by atoms with van der Waals surface area (Å²) >= 11 is 0. The Morgan fingerprint density at radius 1 is 1.41 bits per heavy atom. The third-order valence-electron chi connectivity index (χ3n) is 3.02. The molecule has 0 aliphatic heterocycles. The average molecular weight is 240 g/mol. The van der Waals surface area contributed by atoms with Crippen molar-refractivity contribution >= 4 is 5.91 Å². The largest absolute Gasteiger partial charge is 0.388 e. The maximum atomic E-state index is 11.7. The van der Waals surface area contributed by atoms with Crippen molar-refractivity contribution in [1.29, 1.82) is 0 Å². The van der Waals surface area contributed by atoms with Crippen LogP contribution in [-0.4, -0.2) is 36.9 Å². The fourth-order valence-electron chi connectivity index (χ4n) is 1.13. The number of aliphatic hydroxyl groups is 1. The molecule has 17 heavy (non-hydrogen) atoms. The van der Waals surface area contributed by atoms with E-state index in [0.717, 1.165) is 0 Å². The van der Waals surface area contributed by atoms with Gasteiger partial charge in [-0.15, -0.1) is 0 Å². The number of hydrogen-bond acceptors (Lipinski definition) is 4. The molecule has 0 atom stereocenters. The molecule has 2 N–H and O–H groups in total. The monoisotopic (exact) mass is 240 g/mol. The number of nitrogens with one attached hydrogen (secondary N) is 1. The lowest BCUT2D eigenvalue weighted by molar-refractivity contribution is -0.126. The van der Waals surface area contributed by atoms with E-state index in [9.17, 15) is 9.90 Å². The van der Waals surface area contributed by atoms with E-state index in [1.54, 1.807) is 38.7 Å². The van der Waals surface area contributed by atoms with E-state index in [-0.39, 0.29) is 5.91 Å². The Balaban J connectivity index is 2.45. The second-order valence-electron chi connectivity index (χ2n) is 5.14. The van der Waals surface area contributed by atoms with Crippen molar-refractivity contribution in [2.75, 3.05) is 0 Å². The Labute approximate surface area is 101 Å². The Bertz CT molecular complexity index is 365. The summed E-state index contributed by atoms with van der Waals surface area (Å²) < 4.78 is 1.59. The summed E-state index contributed by atoms with van der Waals surface area (Å²) in [6.45, 7) is 7.41. The van der Waals surface area contributed by atoms with Crippen LogP contribution >= 0.6 is 0 Å². The van der Waals surface area contributed by atoms with Crippen LogP contribution in [0.15, 0.2) is 12.7 Å². The van der Waals surface area contributed by atoms with Gasteiger partial charge in [-0.05, 0) is 27.7 Å². The first-order valence-electron chi connectivity index (χ1n) is 5.58. The molecule has 0 radical (unpaired) electrons. The van der Waals surface area contributed by atoms with E-state index in [0.29, 0.717) is 13.0 Å². The van der Waals surface area contributed by atoms with Gasteiger partial charge in [0.25, 0.3) is 0 Å². The summed E-state index contributed by atoms with van der Waals surface area (Å²) in [6.07, 6.45) is 3.30.